The van der Waals surface area contributed by atoms with Gasteiger partial charge >= 0.3 is 0 Å². The Morgan fingerprint density at radius 3 is 2.19 bits per heavy atom. The summed E-state index contributed by atoms with van der Waals surface area (Å²) in [5.74, 6) is 1.24. The second kappa shape index (κ2) is 7.85. The van der Waals surface area contributed by atoms with Crippen LogP contribution >= 0.6 is 0 Å². The van der Waals surface area contributed by atoms with Crippen molar-refractivity contribution in [2.75, 3.05) is 13.1 Å². The Morgan fingerprint density at radius 1 is 1.06 bits per heavy atom. The molecule has 1 heterocycles. The van der Waals surface area contributed by atoms with Crippen molar-refractivity contribution < 1.29 is 19.1 Å². The molecular formula is C24H32FN3O3. The van der Waals surface area contributed by atoms with E-state index in [9.17, 15) is 19.1 Å². The maximum atomic E-state index is 13.7. The van der Waals surface area contributed by atoms with Gasteiger partial charge in [0.2, 0.25) is 11.8 Å². The van der Waals surface area contributed by atoms with Crippen molar-refractivity contribution in [1.82, 2.24) is 9.80 Å². The molecule has 0 aromatic heterocycles. The number of benzene rings is 1. The Morgan fingerprint density at radius 2 is 1.65 bits per heavy atom. The normalized spacial score (nSPS) is 36.6. The first-order chi connectivity index (χ1) is 14.8. The van der Waals surface area contributed by atoms with Gasteiger partial charge in [0, 0.05) is 18.6 Å². The van der Waals surface area contributed by atoms with E-state index in [0.29, 0.717) is 24.3 Å². The summed E-state index contributed by atoms with van der Waals surface area (Å²) in [6.07, 6.45) is 6.57. The molecule has 2 unspecified atom stereocenters. The zero-order chi connectivity index (χ0) is 21.8. The first-order valence-corrected chi connectivity index (χ1v) is 11.6. The third kappa shape index (κ3) is 3.98. The SMILES string of the molecule is NC(=O)C1CC(O)CN1CC(=O)N(Cc1ccc(F)cc1)C12CC3CC(CC(C3)C1)C2. The minimum Gasteiger partial charge on any atom is -0.392 e. The average molecular weight is 430 g/mol. The number of nitrogens with zero attached hydrogens (tertiary/aromatic N) is 2. The summed E-state index contributed by atoms with van der Waals surface area (Å²) in [6, 6.07) is 5.78. The number of carbonyl (C=O) groups is 2. The van der Waals surface area contributed by atoms with Crippen LogP contribution in [-0.4, -0.2) is 57.5 Å². The first kappa shape index (κ1) is 20.9. The van der Waals surface area contributed by atoms with Gasteiger partial charge in [0.05, 0.1) is 18.7 Å². The molecule has 6 nitrogen and oxygen atoms in total. The highest BCUT2D eigenvalue weighted by molar-refractivity contribution is 5.83. The predicted octanol–water partition coefficient (Wildman–Crippen LogP) is 2.04. The van der Waals surface area contributed by atoms with Crippen LogP contribution in [0.4, 0.5) is 4.39 Å². The highest BCUT2D eigenvalue weighted by atomic mass is 19.1. The number of primary amides is 1. The van der Waals surface area contributed by atoms with Crippen molar-refractivity contribution in [3.8, 4) is 0 Å². The van der Waals surface area contributed by atoms with Crippen LogP contribution in [0.15, 0.2) is 24.3 Å². The number of nitrogens with two attached hydrogens (primary N) is 1. The molecule has 31 heavy (non-hydrogen) atoms. The van der Waals surface area contributed by atoms with E-state index in [1.165, 1.54) is 31.4 Å². The number of amides is 2. The number of carbonyl (C=O) groups excluding carboxylic acids is 2. The molecule has 4 bridgehead atoms. The van der Waals surface area contributed by atoms with Crippen LogP contribution in [0.3, 0.4) is 0 Å². The largest absolute Gasteiger partial charge is 0.392 e. The fourth-order valence-electron chi connectivity index (χ4n) is 7.30. The molecule has 7 heteroatoms. The van der Waals surface area contributed by atoms with Crippen LogP contribution in [-0.2, 0) is 16.1 Å². The lowest BCUT2D eigenvalue weighted by Crippen LogP contribution is -2.62. The van der Waals surface area contributed by atoms with E-state index in [1.807, 2.05) is 4.90 Å². The Bertz CT molecular complexity index is 823. The van der Waals surface area contributed by atoms with E-state index in [2.05, 4.69) is 0 Å². The van der Waals surface area contributed by atoms with Crippen LogP contribution in [0, 0.1) is 23.6 Å². The summed E-state index contributed by atoms with van der Waals surface area (Å²) < 4.78 is 13.5. The molecule has 0 radical (unpaired) electrons. The van der Waals surface area contributed by atoms with Crippen molar-refractivity contribution >= 4 is 11.8 Å². The lowest BCUT2D eigenvalue weighted by Gasteiger charge is -2.60. The fourth-order valence-corrected chi connectivity index (χ4v) is 7.30. The van der Waals surface area contributed by atoms with Crippen molar-refractivity contribution in [2.45, 2.75) is 69.2 Å². The highest BCUT2D eigenvalue weighted by Gasteiger charge is 2.55. The summed E-state index contributed by atoms with van der Waals surface area (Å²) in [6.45, 7) is 0.807. The number of aliphatic hydroxyl groups is 1. The molecule has 1 aromatic carbocycles. The molecular weight excluding hydrogens is 397 g/mol. The van der Waals surface area contributed by atoms with Gasteiger partial charge in [0.25, 0.3) is 0 Å². The van der Waals surface area contributed by atoms with Crippen LogP contribution in [0.5, 0.6) is 0 Å². The molecule has 0 spiro atoms. The van der Waals surface area contributed by atoms with E-state index < -0.39 is 18.1 Å². The van der Waals surface area contributed by atoms with Gasteiger partial charge in [-0.15, -0.1) is 0 Å². The van der Waals surface area contributed by atoms with Crippen LogP contribution < -0.4 is 5.73 Å². The summed E-state index contributed by atoms with van der Waals surface area (Å²) in [4.78, 5) is 29.4. The molecule has 6 rings (SSSR count). The first-order valence-electron chi connectivity index (χ1n) is 11.6. The van der Waals surface area contributed by atoms with E-state index in [-0.39, 0.29) is 36.8 Å². The molecule has 5 fully saturated rings. The smallest absolute Gasteiger partial charge is 0.237 e. The quantitative estimate of drug-likeness (QED) is 0.725. The van der Waals surface area contributed by atoms with Crippen LogP contribution in [0.25, 0.3) is 0 Å². The second-order valence-electron chi connectivity index (χ2n) is 10.5. The number of hydrogen-bond donors (Lipinski definition) is 2. The molecule has 4 saturated carbocycles. The lowest BCUT2D eigenvalue weighted by molar-refractivity contribution is -0.154. The third-order valence-electron chi connectivity index (χ3n) is 8.18. The van der Waals surface area contributed by atoms with E-state index in [1.54, 1.807) is 17.0 Å². The Kier molecular flexibility index (Phi) is 5.29. The van der Waals surface area contributed by atoms with Crippen molar-refractivity contribution in [3.63, 3.8) is 0 Å². The maximum Gasteiger partial charge on any atom is 0.237 e. The van der Waals surface area contributed by atoms with Crippen LogP contribution in [0.1, 0.15) is 50.5 Å². The maximum absolute atomic E-state index is 13.7. The molecule has 1 saturated heterocycles. The van der Waals surface area contributed by atoms with Crippen LogP contribution in [0.2, 0.25) is 0 Å². The Hall–Kier alpha value is -1.99. The van der Waals surface area contributed by atoms with E-state index in [0.717, 1.165) is 24.8 Å². The summed E-state index contributed by atoms with van der Waals surface area (Å²) >= 11 is 0. The van der Waals surface area contributed by atoms with Crippen molar-refractivity contribution in [3.05, 3.63) is 35.6 Å². The van der Waals surface area contributed by atoms with Gasteiger partial charge in [-0.3, -0.25) is 14.5 Å². The summed E-state index contributed by atoms with van der Waals surface area (Å²) in [5, 5.41) is 10.1. The van der Waals surface area contributed by atoms with Gasteiger partial charge in [-0.05, 0) is 80.4 Å². The molecule has 5 aliphatic rings. The molecule has 1 aliphatic heterocycles. The van der Waals surface area contributed by atoms with Crippen molar-refractivity contribution in [2.24, 2.45) is 23.5 Å². The second-order valence-corrected chi connectivity index (χ2v) is 10.5. The monoisotopic (exact) mass is 429 g/mol. The van der Waals surface area contributed by atoms with E-state index in [4.69, 9.17) is 5.73 Å². The predicted molar refractivity (Wildman–Crippen MR) is 113 cm³/mol. The summed E-state index contributed by atoms with van der Waals surface area (Å²) in [5.41, 5.74) is 6.30. The topological polar surface area (TPSA) is 86.9 Å². The number of β-amino-alcohol motifs (C(OH)–C–C–N with tert-alkyl or cyclic N) is 1. The average Bonchev–Trinajstić information content (AvgIpc) is 3.06. The number of rotatable bonds is 6. The molecule has 2 atom stereocenters. The zero-order valence-electron chi connectivity index (χ0n) is 17.9. The molecule has 4 aliphatic carbocycles. The third-order valence-corrected chi connectivity index (χ3v) is 8.18. The number of likely N-dealkylation sites (tertiary alicyclic amines) is 1. The number of halogens is 1. The van der Waals surface area contributed by atoms with Gasteiger partial charge in [-0.1, -0.05) is 12.1 Å². The van der Waals surface area contributed by atoms with Gasteiger partial charge in [-0.25, -0.2) is 4.39 Å². The Labute approximate surface area is 182 Å². The lowest BCUT2D eigenvalue weighted by atomic mass is 9.52. The number of aliphatic hydroxyl groups excluding tert-OH is 1. The van der Waals surface area contributed by atoms with Gasteiger partial charge in [0.15, 0.2) is 0 Å². The molecule has 1 aromatic rings. The van der Waals surface area contributed by atoms with Crippen molar-refractivity contribution in [1.29, 1.82) is 0 Å². The molecule has 3 N–H and O–H groups in total. The standard InChI is InChI=1S/C24H32FN3O3/c25-19-3-1-15(2-4-19)12-28(22(30)14-27-13-20(29)8-21(27)23(26)31)24-9-16-5-17(10-24)7-18(6-16)11-24/h1-4,16-18,20-21,29H,5-14H2,(H2,26,31). The minimum atomic E-state index is -0.643. The van der Waals surface area contributed by atoms with Gasteiger partial charge in [-0.2, -0.15) is 0 Å². The Balaban J connectivity index is 1.42. The highest BCUT2D eigenvalue weighted by Crippen LogP contribution is 2.58. The number of hydrogen-bond acceptors (Lipinski definition) is 4. The van der Waals surface area contributed by atoms with Gasteiger partial charge < -0.3 is 15.7 Å². The molecule has 168 valence electrons. The fraction of sp³-hybridized carbons (Fsp3) is 0.667. The zero-order valence-corrected chi connectivity index (χ0v) is 17.9. The summed E-state index contributed by atoms with van der Waals surface area (Å²) in [7, 11) is 0. The van der Waals surface area contributed by atoms with Gasteiger partial charge in [0.1, 0.15) is 5.82 Å². The minimum absolute atomic E-state index is 0.0216. The molecule has 2 amide bonds. The van der Waals surface area contributed by atoms with E-state index >= 15 is 0 Å².